The number of piperidine rings is 1. The first-order valence-electron chi connectivity index (χ1n) is 3.49. The van der Waals surface area contributed by atoms with Crippen molar-refractivity contribution in [1.82, 2.24) is 4.90 Å². The van der Waals surface area contributed by atoms with Crippen LogP contribution in [0.2, 0.25) is 0 Å². The van der Waals surface area contributed by atoms with E-state index in [0.717, 1.165) is 25.9 Å². The van der Waals surface area contributed by atoms with Gasteiger partial charge in [0.1, 0.15) is 5.78 Å². The second kappa shape index (κ2) is 5.18. The van der Waals surface area contributed by atoms with E-state index in [-0.39, 0.29) is 0 Å². The number of carbonyl (C=O) groups is 1. The summed E-state index contributed by atoms with van der Waals surface area (Å²) in [5.74, 6) is 0.420. The van der Waals surface area contributed by atoms with E-state index in [9.17, 15) is 4.79 Å². The molecule has 1 aliphatic heterocycles. The molecule has 1 rings (SSSR count). The minimum Gasteiger partial charge on any atom is -0.305 e. The Morgan fingerprint density at radius 2 is 1.70 bits per heavy atom. The molecule has 0 bridgehead atoms. The van der Waals surface area contributed by atoms with Crippen molar-refractivity contribution in [3.8, 4) is 0 Å². The van der Waals surface area contributed by atoms with Crippen LogP contribution in [0, 0.1) is 0 Å². The Morgan fingerprint density at radius 1 is 1.30 bits per heavy atom. The third kappa shape index (κ3) is 3.41. The molecule has 1 aliphatic rings. The van der Waals surface area contributed by atoms with Crippen LogP contribution in [0.4, 0.5) is 0 Å². The van der Waals surface area contributed by atoms with E-state index in [1.165, 1.54) is 0 Å². The van der Waals surface area contributed by atoms with Crippen molar-refractivity contribution < 1.29 is 4.79 Å². The molecule has 58 valence electrons. The zero-order valence-corrected chi connectivity index (χ0v) is 6.60. The van der Waals surface area contributed by atoms with Crippen molar-refractivity contribution in [1.29, 1.82) is 0 Å². The molecule has 10 heavy (non-hydrogen) atoms. The summed E-state index contributed by atoms with van der Waals surface area (Å²) < 4.78 is 0. The molecule has 1 fully saturated rings. The van der Waals surface area contributed by atoms with Crippen molar-refractivity contribution >= 4 is 5.78 Å². The summed E-state index contributed by atoms with van der Waals surface area (Å²) >= 11 is 0. The maximum atomic E-state index is 10.6. The summed E-state index contributed by atoms with van der Waals surface area (Å²) in [6.45, 7) is 7.91. The van der Waals surface area contributed by atoms with Gasteiger partial charge in [0.2, 0.25) is 0 Å². The third-order valence-corrected chi connectivity index (χ3v) is 1.54. The number of nitrogens with zero attached hydrogens (tertiary/aromatic N) is 1. The Hall–Kier alpha value is -0.630. The van der Waals surface area contributed by atoms with Crippen molar-refractivity contribution in [2.45, 2.75) is 12.8 Å². The number of ketones is 1. The third-order valence-electron chi connectivity index (χ3n) is 1.54. The van der Waals surface area contributed by atoms with Crippen LogP contribution in [0.25, 0.3) is 0 Å². The van der Waals surface area contributed by atoms with Gasteiger partial charge in [-0.2, -0.15) is 0 Å². The van der Waals surface area contributed by atoms with Crippen LogP contribution in [-0.4, -0.2) is 30.8 Å². The van der Waals surface area contributed by atoms with Gasteiger partial charge in [0.25, 0.3) is 0 Å². The fourth-order valence-corrected chi connectivity index (χ4v) is 0.868. The van der Waals surface area contributed by atoms with Crippen LogP contribution < -0.4 is 0 Å². The van der Waals surface area contributed by atoms with E-state index >= 15 is 0 Å². The van der Waals surface area contributed by atoms with Gasteiger partial charge in [-0.05, 0) is 7.05 Å². The fraction of sp³-hybridized carbons (Fsp3) is 0.625. The number of Topliss-reactive ketones (excluding diaryl/α,β-unsaturated/α-hetero) is 1. The van der Waals surface area contributed by atoms with Gasteiger partial charge in [0.15, 0.2) is 0 Å². The molecule has 0 aromatic carbocycles. The van der Waals surface area contributed by atoms with Crippen molar-refractivity contribution in [2.24, 2.45) is 0 Å². The standard InChI is InChI=1S/C6H11NO.C2H4/c1-7-4-2-6(8)3-5-7;1-2/h2-5H2,1H3;1-2H2. The van der Waals surface area contributed by atoms with Gasteiger partial charge >= 0.3 is 0 Å². The number of carbonyl (C=O) groups excluding carboxylic acids is 1. The van der Waals surface area contributed by atoms with Gasteiger partial charge in [0.05, 0.1) is 0 Å². The number of hydrogen-bond donors (Lipinski definition) is 0. The summed E-state index contributed by atoms with van der Waals surface area (Å²) in [6, 6.07) is 0. The minimum absolute atomic E-state index is 0.420. The predicted octanol–water partition coefficient (Wildman–Crippen LogP) is 1.08. The average molecular weight is 141 g/mol. The normalized spacial score (nSPS) is 19.5. The first-order chi connectivity index (χ1) is 4.79. The monoisotopic (exact) mass is 141 g/mol. The Kier molecular flexibility index (Phi) is 4.85. The highest BCUT2D eigenvalue weighted by atomic mass is 16.1. The molecule has 0 aromatic rings. The topological polar surface area (TPSA) is 20.3 Å². The maximum Gasteiger partial charge on any atom is 0.135 e. The van der Waals surface area contributed by atoms with Crippen LogP contribution in [0.15, 0.2) is 13.2 Å². The molecule has 1 saturated heterocycles. The molecule has 0 atom stereocenters. The lowest BCUT2D eigenvalue weighted by Gasteiger charge is -2.19. The largest absolute Gasteiger partial charge is 0.305 e. The van der Waals surface area contributed by atoms with E-state index in [1.807, 2.05) is 7.05 Å². The molecule has 1 heterocycles. The van der Waals surface area contributed by atoms with Crippen LogP contribution in [-0.2, 0) is 4.79 Å². The molecule has 0 amide bonds. The molecular formula is C8H15NO. The lowest BCUT2D eigenvalue weighted by molar-refractivity contribution is -0.121. The smallest absolute Gasteiger partial charge is 0.135 e. The van der Waals surface area contributed by atoms with Crippen molar-refractivity contribution in [3.63, 3.8) is 0 Å². The van der Waals surface area contributed by atoms with Gasteiger partial charge < -0.3 is 4.90 Å². The molecule has 0 aliphatic carbocycles. The zero-order valence-electron chi connectivity index (χ0n) is 6.60. The molecule has 2 heteroatoms. The van der Waals surface area contributed by atoms with Crippen LogP contribution >= 0.6 is 0 Å². The summed E-state index contributed by atoms with van der Waals surface area (Å²) in [6.07, 6.45) is 1.52. The first kappa shape index (κ1) is 9.37. The predicted molar refractivity (Wildman–Crippen MR) is 43.0 cm³/mol. The van der Waals surface area contributed by atoms with E-state index in [2.05, 4.69) is 18.1 Å². The van der Waals surface area contributed by atoms with E-state index < -0.39 is 0 Å². The fourth-order valence-electron chi connectivity index (χ4n) is 0.868. The van der Waals surface area contributed by atoms with Crippen molar-refractivity contribution in [3.05, 3.63) is 13.2 Å². The van der Waals surface area contributed by atoms with Crippen LogP contribution in [0.5, 0.6) is 0 Å². The lowest BCUT2D eigenvalue weighted by atomic mass is 10.1. The molecule has 0 unspecified atom stereocenters. The van der Waals surface area contributed by atoms with Crippen LogP contribution in [0.1, 0.15) is 12.8 Å². The average Bonchev–Trinajstić information content (AvgIpc) is 2.00. The Morgan fingerprint density at radius 3 is 2.00 bits per heavy atom. The quantitative estimate of drug-likeness (QED) is 0.470. The lowest BCUT2D eigenvalue weighted by Crippen LogP contribution is -2.29. The molecule has 0 spiro atoms. The van der Waals surface area contributed by atoms with Gasteiger partial charge in [-0.15, -0.1) is 13.2 Å². The molecule has 2 nitrogen and oxygen atoms in total. The summed E-state index contributed by atoms with van der Waals surface area (Å²) in [5.41, 5.74) is 0. The van der Waals surface area contributed by atoms with Crippen molar-refractivity contribution in [2.75, 3.05) is 20.1 Å². The second-order valence-electron chi connectivity index (χ2n) is 2.34. The van der Waals surface area contributed by atoms with Gasteiger partial charge in [-0.1, -0.05) is 0 Å². The van der Waals surface area contributed by atoms with E-state index in [1.54, 1.807) is 0 Å². The number of hydrogen-bond acceptors (Lipinski definition) is 2. The second-order valence-corrected chi connectivity index (χ2v) is 2.34. The Balaban J connectivity index is 0.000000371. The zero-order chi connectivity index (χ0) is 7.98. The van der Waals surface area contributed by atoms with Gasteiger partial charge in [0, 0.05) is 25.9 Å². The molecule has 0 saturated carbocycles. The maximum absolute atomic E-state index is 10.6. The Labute approximate surface area is 62.5 Å². The number of rotatable bonds is 0. The highest BCUT2D eigenvalue weighted by Gasteiger charge is 2.10. The first-order valence-corrected chi connectivity index (χ1v) is 3.49. The van der Waals surface area contributed by atoms with E-state index in [0.29, 0.717) is 5.78 Å². The highest BCUT2D eigenvalue weighted by Crippen LogP contribution is 2.01. The van der Waals surface area contributed by atoms with Gasteiger partial charge in [-0.25, -0.2) is 0 Å². The summed E-state index contributed by atoms with van der Waals surface area (Å²) in [7, 11) is 2.05. The van der Waals surface area contributed by atoms with E-state index in [4.69, 9.17) is 0 Å². The van der Waals surface area contributed by atoms with Gasteiger partial charge in [-0.3, -0.25) is 4.79 Å². The van der Waals surface area contributed by atoms with Crippen LogP contribution in [0.3, 0.4) is 0 Å². The molecule has 0 radical (unpaired) electrons. The summed E-state index contributed by atoms with van der Waals surface area (Å²) in [4.78, 5) is 12.8. The highest BCUT2D eigenvalue weighted by molar-refractivity contribution is 5.79. The minimum atomic E-state index is 0.420. The Bertz CT molecular complexity index is 102. The molecule has 0 aromatic heterocycles. The summed E-state index contributed by atoms with van der Waals surface area (Å²) in [5, 5.41) is 0. The molecule has 0 N–H and O–H groups in total. The molecular weight excluding hydrogens is 126 g/mol. The number of likely N-dealkylation sites (tertiary alicyclic amines) is 1. The SMILES string of the molecule is C=C.CN1CCC(=O)CC1.